The van der Waals surface area contributed by atoms with Crippen LogP contribution in [0.25, 0.3) is 0 Å². The number of unbranched alkanes of at least 4 members (excludes halogenated alkanes) is 1. The molecule has 0 spiro atoms. The van der Waals surface area contributed by atoms with Gasteiger partial charge in [0, 0.05) is 19.0 Å². The fourth-order valence-corrected chi connectivity index (χ4v) is 4.80. The second kappa shape index (κ2) is 9.88. The lowest BCUT2D eigenvalue weighted by Crippen LogP contribution is -2.42. The summed E-state index contributed by atoms with van der Waals surface area (Å²) in [5.74, 6) is -0.504. The van der Waals surface area contributed by atoms with Gasteiger partial charge in [-0.2, -0.15) is 0 Å². The van der Waals surface area contributed by atoms with Crippen LogP contribution in [0.5, 0.6) is 5.75 Å². The van der Waals surface area contributed by atoms with E-state index in [1.807, 2.05) is 6.92 Å². The Balaban J connectivity index is 2.02. The zero-order chi connectivity index (χ0) is 20.7. The fourth-order valence-electron chi connectivity index (χ4n) is 3.12. The van der Waals surface area contributed by atoms with Gasteiger partial charge >= 0.3 is 5.97 Å². The van der Waals surface area contributed by atoms with Crippen LogP contribution in [0.3, 0.4) is 0 Å². The highest BCUT2D eigenvalue weighted by molar-refractivity contribution is 7.89. The molecule has 2 rings (SSSR count). The SMILES string of the molecule is CCCCS(=O)(=O)N1CCC(C(=O)Nc2ccc(OC)cc2C(=O)OC)CC1. The van der Waals surface area contributed by atoms with Gasteiger partial charge in [-0.05, 0) is 37.5 Å². The number of carbonyl (C=O) groups is 2. The Morgan fingerprint density at radius 1 is 1.21 bits per heavy atom. The van der Waals surface area contributed by atoms with Crippen LogP contribution in [0.15, 0.2) is 18.2 Å². The highest BCUT2D eigenvalue weighted by Gasteiger charge is 2.31. The van der Waals surface area contributed by atoms with E-state index >= 15 is 0 Å². The molecule has 0 aromatic heterocycles. The molecule has 0 aliphatic carbocycles. The summed E-state index contributed by atoms with van der Waals surface area (Å²) < 4.78 is 35.9. The third-order valence-corrected chi connectivity index (χ3v) is 6.82. The summed E-state index contributed by atoms with van der Waals surface area (Å²) in [6, 6.07) is 4.74. The van der Waals surface area contributed by atoms with Crippen LogP contribution in [0, 0.1) is 5.92 Å². The van der Waals surface area contributed by atoms with Crippen LogP contribution < -0.4 is 10.1 Å². The first-order valence-electron chi connectivity index (χ1n) is 9.37. The van der Waals surface area contributed by atoms with E-state index in [0.29, 0.717) is 43.8 Å². The molecule has 1 aromatic rings. The maximum atomic E-state index is 12.7. The first kappa shape index (κ1) is 22.2. The number of ether oxygens (including phenoxy) is 2. The number of nitrogens with one attached hydrogen (secondary N) is 1. The lowest BCUT2D eigenvalue weighted by Gasteiger charge is -2.30. The van der Waals surface area contributed by atoms with Crippen molar-refractivity contribution in [2.45, 2.75) is 32.6 Å². The standard InChI is InChI=1S/C19H28N2O6S/c1-4-5-12-28(24,25)21-10-8-14(9-11-21)18(22)20-17-7-6-15(26-2)13-16(17)19(23)27-3/h6-7,13-14H,4-5,8-12H2,1-3H3,(H,20,22). The number of hydrogen-bond acceptors (Lipinski definition) is 6. The summed E-state index contributed by atoms with van der Waals surface area (Å²) in [5, 5.41) is 2.77. The van der Waals surface area contributed by atoms with Gasteiger partial charge in [-0.25, -0.2) is 17.5 Å². The Morgan fingerprint density at radius 2 is 1.89 bits per heavy atom. The van der Waals surface area contributed by atoms with Gasteiger partial charge in [-0.3, -0.25) is 4.79 Å². The summed E-state index contributed by atoms with van der Waals surface area (Å²) in [5.41, 5.74) is 0.547. The molecule has 1 heterocycles. The van der Waals surface area contributed by atoms with Crippen molar-refractivity contribution in [3.8, 4) is 5.75 Å². The smallest absolute Gasteiger partial charge is 0.340 e. The van der Waals surface area contributed by atoms with Gasteiger partial charge in [0.25, 0.3) is 0 Å². The van der Waals surface area contributed by atoms with Crippen LogP contribution in [0.2, 0.25) is 0 Å². The van der Waals surface area contributed by atoms with E-state index in [4.69, 9.17) is 9.47 Å². The number of methoxy groups -OCH3 is 2. The number of piperidine rings is 1. The van der Waals surface area contributed by atoms with Crippen molar-refractivity contribution in [2.75, 3.05) is 38.4 Å². The van der Waals surface area contributed by atoms with E-state index < -0.39 is 16.0 Å². The largest absolute Gasteiger partial charge is 0.497 e. The van der Waals surface area contributed by atoms with E-state index in [-0.39, 0.29) is 23.1 Å². The molecular weight excluding hydrogens is 384 g/mol. The van der Waals surface area contributed by atoms with Crippen LogP contribution in [0.1, 0.15) is 43.0 Å². The van der Waals surface area contributed by atoms with Crippen molar-refractivity contribution < 1.29 is 27.5 Å². The van der Waals surface area contributed by atoms with E-state index in [1.54, 1.807) is 12.1 Å². The predicted octanol–water partition coefficient (Wildman–Crippen LogP) is 2.26. The van der Waals surface area contributed by atoms with Gasteiger partial charge < -0.3 is 14.8 Å². The minimum atomic E-state index is -3.26. The Labute approximate surface area is 166 Å². The molecule has 0 bridgehead atoms. The second-order valence-corrected chi connectivity index (χ2v) is 8.82. The maximum absolute atomic E-state index is 12.7. The van der Waals surface area contributed by atoms with E-state index in [9.17, 15) is 18.0 Å². The van der Waals surface area contributed by atoms with Gasteiger partial charge in [0.2, 0.25) is 15.9 Å². The number of carbonyl (C=O) groups excluding carboxylic acids is 2. The molecule has 1 saturated heterocycles. The van der Waals surface area contributed by atoms with Crippen LogP contribution in [-0.4, -0.2) is 57.7 Å². The molecule has 9 heteroatoms. The average Bonchev–Trinajstić information content (AvgIpc) is 2.72. The molecule has 1 aliphatic rings. The van der Waals surface area contributed by atoms with Crippen molar-refractivity contribution in [1.82, 2.24) is 4.31 Å². The minimum absolute atomic E-state index is 0.148. The second-order valence-electron chi connectivity index (χ2n) is 6.74. The number of benzene rings is 1. The zero-order valence-electron chi connectivity index (χ0n) is 16.6. The molecule has 8 nitrogen and oxygen atoms in total. The zero-order valence-corrected chi connectivity index (χ0v) is 17.4. The van der Waals surface area contributed by atoms with Crippen LogP contribution >= 0.6 is 0 Å². The number of amides is 1. The lowest BCUT2D eigenvalue weighted by atomic mass is 9.97. The molecule has 1 aliphatic heterocycles. The monoisotopic (exact) mass is 412 g/mol. The van der Waals surface area contributed by atoms with Crippen molar-refractivity contribution >= 4 is 27.6 Å². The quantitative estimate of drug-likeness (QED) is 0.657. The van der Waals surface area contributed by atoms with Crippen LogP contribution in [-0.2, 0) is 19.6 Å². The summed E-state index contributed by atoms with van der Waals surface area (Å²) in [4.78, 5) is 24.6. The van der Waals surface area contributed by atoms with E-state index in [0.717, 1.165) is 6.42 Å². The first-order valence-corrected chi connectivity index (χ1v) is 11.0. The van der Waals surface area contributed by atoms with Gasteiger partial charge in [0.15, 0.2) is 0 Å². The Morgan fingerprint density at radius 3 is 2.46 bits per heavy atom. The van der Waals surface area contributed by atoms with Crippen LogP contribution in [0.4, 0.5) is 5.69 Å². The maximum Gasteiger partial charge on any atom is 0.340 e. The van der Waals surface area contributed by atoms with Gasteiger partial charge in [-0.1, -0.05) is 13.3 Å². The summed E-state index contributed by atoms with van der Waals surface area (Å²) in [7, 11) is -0.507. The Kier molecular flexibility index (Phi) is 7.82. The molecular formula is C19H28N2O6S. The molecule has 0 saturated carbocycles. The third kappa shape index (κ3) is 5.45. The number of anilines is 1. The molecule has 156 valence electrons. The topological polar surface area (TPSA) is 102 Å². The molecule has 28 heavy (non-hydrogen) atoms. The minimum Gasteiger partial charge on any atom is -0.497 e. The molecule has 1 fully saturated rings. The normalized spacial score (nSPS) is 15.8. The average molecular weight is 413 g/mol. The molecule has 1 N–H and O–H groups in total. The van der Waals surface area contributed by atoms with E-state index in [2.05, 4.69) is 5.32 Å². The van der Waals surface area contributed by atoms with E-state index in [1.165, 1.54) is 24.6 Å². The Bertz CT molecular complexity index is 801. The fraction of sp³-hybridized carbons (Fsp3) is 0.579. The molecule has 0 atom stereocenters. The summed E-state index contributed by atoms with van der Waals surface area (Å²) in [6.45, 7) is 2.61. The van der Waals surface area contributed by atoms with Crippen molar-refractivity contribution in [1.29, 1.82) is 0 Å². The molecule has 1 aromatic carbocycles. The highest BCUT2D eigenvalue weighted by atomic mass is 32.2. The summed E-state index contributed by atoms with van der Waals surface area (Å²) in [6.07, 6.45) is 2.35. The molecule has 0 radical (unpaired) electrons. The number of hydrogen-bond donors (Lipinski definition) is 1. The number of nitrogens with zero attached hydrogens (tertiary/aromatic N) is 1. The highest BCUT2D eigenvalue weighted by Crippen LogP contribution is 2.26. The number of esters is 1. The molecule has 0 unspecified atom stereocenters. The van der Waals surface area contributed by atoms with Crippen molar-refractivity contribution in [2.24, 2.45) is 5.92 Å². The van der Waals surface area contributed by atoms with Gasteiger partial charge in [-0.15, -0.1) is 0 Å². The Hall–Kier alpha value is -2.13. The number of sulfonamides is 1. The first-order chi connectivity index (χ1) is 13.3. The van der Waals surface area contributed by atoms with Gasteiger partial charge in [0.05, 0.1) is 31.2 Å². The summed E-state index contributed by atoms with van der Waals surface area (Å²) >= 11 is 0. The lowest BCUT2D eigenvalue weighted by molar-refractivity contribution is -0.120. The van der Waals surface area contributed by atoms with Crippen molar-refractivity contribution in [3.05, 3.63) is 23.8 Å². The molecule has 1 amide bonds. The predicted molar refractivity (Wildman–Crippen MR) is 106 cm³/mol. The third-order valence-electron chi connectivity index (χ3n) is 4.86. The van der Waals surface area contributed by atoms with Crippen molar-refractivity contribution in [3.63, 3.8) is 0 Å². The number of rotatable bonds is 8. The van der Waals surface area contributed by atoms with Gasteiger partial charge in [0.1, 0.15) is 5.75 Å².